The van der Waals surface area contributed by atoms with Crippen molar-refractivity contribution < 1.29 is 14.1 Å². The largest absolute Gasteiger partial charge is 0.360 e. The smallest absolute Gasteiger partial charge is 0.274 e. The van der Waals surface area contributed by atoms with E-state index in [1.165, 1.54) is 0 Å². The van der Waals surface area contributed by atoms with Crippen molar-refractivity contribution in [1.82, 2.24) is 15.4 Å². The minimum absolute atomic E-state index is 0.146. The van der Waals surface area contributed by atoms with Crippen LogP contribution in [0.4, 0.5) is 0 Å². The van der Waals surface area contributed by atoms with Gasteiger partial charge < -0.3 is 14.7 Å². The standard InChI is InChI=1S/C19H21N3O3/c23-18-7-4-10-22(18)12-16(13-5-2-1-3-6-13)20-19(24)15-11-17(25-21-15)14-8-9-14/h1-3,5-6,11,14,16H,4,7-10,12H2,(H,20,24). The van der Waals surface area contributed by atoms with Crippen LogP contribution in [0.5, 0.6) is 0 Å². The van der Waals surface area contributed by atoms with Crippen molar-refractivity contribution in [3.63, 3.8) is 0 Å². The molecule has 2 amide bonds. The Balaban J connectivity index is 1.50. The predicted octanol–water partition coefficient (Wildman–Crippen LogP) is 2.65. The molecule has 1 saturated carbocycles. The van der Waals surface area contributed by atoms with Crippen LogP contribution >= 0.6 is 0 Å². The molecule has 1 aromatic carbocycles. The van der Waals surface area contributed by atoms with Gasteiger partial charge in [0.05, 0.1) is 6.04 Å². The van der Waals surface area contributed by atoms with Crippen molar-refractivity contribution >= 4 is 11.8 Å². The summed E-state index contributed by atoms with van der Waals surface area (Å²) in [4.78, 5) is 26.4. The third-order valence-corrected chi connectivity index (χ3v) is 4.82. The van der Waals surface area contributed by atoms with E-state index in [-0.39, 0.29) is 17.9 Å². The zero-order valence-electron chi connectivity index (χ0n) is 14.0. The van der Waals surface area contributed by atoms with Gasteiger partial charge in [-0.05, 0) is 24.8 Å². The fraction of sp³-hybridized carbons (Fsp3) is 0.421. The molecular formula is C19H21N3O3. The molecule has 0 radical (unpaired) electrons. The number of benzene rings is 1. The summed E-state index contributed by atoms with van der Waals surface area (Å²) in [7, 11) is 0. The number of likely N-dealkylation sites (tertiary alicyclic amines) is 1. The van der Waals surface area contributed by atoms with Crippen LogP contribution in [0.3, 0.4) is 0 Å². The van der Waals surface area contributed by atoms with Gasteiger partial charge in [0.2, 0.25) is 5.91 Å². The van der Waals surface area contributed by atoms with Crippen LogP contribution in [-0.2, 0) is 4.79 Å². The van der Waals surface area contributed by atoms with E-state index in [0.29, 0.717) is 24.6 Å². The molecule has 1 saturated heterocycles. The molecule has 1 N–H and O–H groups in total. The predicted molar refractivity (Wildman–Crippen MR) is 90.9 cm³/mol. The monoisotopic (exact) mass is 339 g/mol. The van der Waals surface area contributed by atoms with E-state index in [4.69, 9.17) is 4.52 Å². The first-order valence-corrected chi connectivity index (χ1v) is 8.81. The Morgan fingerprint density at radius 3 is 2.80 bits per heavy atom. The molecule has 1 atom stereocenters. The van der Waals surface area contributed by atoms with E-state index >= 15 is 0 Å². The molecule has 1 unspecified atom stereocenters. The molecular weight excluding hydrogens is 318 g/mol. The van der Waals surface area contributed by atoms with Gasteiger partial charge >= 0.3 is 0 Å². The molecule has 130 valence electrons. The number of rotatable bonds is 6. The average molecular weight is 339 g/mol. The van der Waals surface area contributed by atoms with Crippen molar-refractivity contribution in [2.24, 2.45) is 0 Å². The minimum Gasteiger partial charge on any atom is -0.360 e. The second-order valence-corrected chi connectivity index (χ2v) is 6.77. The van der Waals surface area contributed by atoms with Crippen molar-refractivity contribution in [3.8, 4) is 0 Å². The first-order chi connectivity index (χ1) is 12.2. The summed E-state index contributed by atoms with van der Waals surface area (Å²) < 4.78 is 5.27. The van der Waals surface area contributed by atoms with Gasteiger partial charge in [0.1, 0.15) is 5.76 Å². The fourth-order valence-corrected chi connectivity index (χ4v) is 3.23. The van der Waals surface area contributed by atoms with Crippen molar-refractivity contribution in [1.29, 1.82) is 0 Å². The molecule has 1 aliphatic heterocycles. The Labute approximate surface area is 146 Å². The average Bonchev–Trinajstić information content (AvgIpc) is 3.22. The molecule has 6 nitrogen and oxygen atoms in total. The molecule has 4 rings (SSSR count). The Bertz CT molecular complexity index is 767. The maximum absolute atomic E-state index is 12.6. The number of carbonyl (C=O) groups excluding carboxylic acids is 2. The highest BCUT2D eigenvalue weighted by Gasteiger charge is 2.30. The van der Waals surface area contributed by atoms with Gasteiger partial charge in [0.15, 0.2) is 5.69 Å². The summed E-state index contributed by atoms with van der Waals surface area (Å²) >= 11 is 0. The highest BCUT2D eigenvalue weighted by molar-refractivity contribution is 5.92. The van der Waals surface area contributed by atoms with Gasteiger partial charge in [0, 0.05) is 31.5 Å². The number of aromatic nitrogens is 1. The first-order valence-electron chi connectivity index (χ1n) is 8.81. The zero-order chi connectivity index (χ0) is 17.2. The zero-order valence-corrected chi connectivity index (χ0v) is 14.0. The van der Waals surface area contributed by atoms with Crippen molar-refractivity contribution in [3.05, 3.63) is 53.4 Å². The Kier molecular flexibility index (Phi) is 4.26. The van der Waals surface area contributed by atoms with Gasteiger partial charge in [-0.15, -0.1) is 0 Å². The Morgan fingerprint density at radius 1 is 1.32 bits per heavy atom. The topological polar surface area (TPSA) is 75.4 Å². The third kappa shape index (κ3) is 3.57. The van der Waals surface area contributed by atoms with Gasteiger partial charge in [-0.1, -0.05) is 35.5 Å². The summed E-state index contributed by atoms with van der Waals surface area (Å²) in [5.41, 5.74) is 1.28. The Hall–Kier alpha value is -2.63. The lowest BCUT2D eigenvalue weighted by Gasteiger charge is -2.24. The molecule has 2 fully saturated rings. The molecule has 2 aliphatic rings. The second kappa shape index (κ2) is 6.70. The van der Waals surface area contributed by atoms with Crippen LogP contribution < -0.4 is 5.32 Å². The highest BCUT2D eigenvalue weighted by Crippen LogP contribution is 2.40. The second-order valence-electron chi connectivity index (χ2n) is 6.77. The number of amides is 2. The lowest BCUT2D eigenvalue weighted by atomic mass is 10.1. The lowest BCUT2D eigenvalue weighted by molar-refractivity contribution is -0.128. The maximum atomic E-state index is 12.6. The first kappa shape index (κ1) is 15.9. The van der Waals surface area contributed by atoms with Crippen LogP contribution in [-0.4, -0.2) is 35.0 Å². The number of nitrogens with one attached hydrogen (secondary N) is 1. The molecule has 0 spiro atoms. The van der Waals surface area contributed by atoms with Crippen LogP contribution in [0.2, 0.25) is 0 Å². The Morgan fingerprint density at radius 2 is 2.12 bits per heavy atom. The number of hydrogen-bond acceptors (Lipinski definition) is 4. The summed E-state index contributed by atoms with van der Waals surface area (Å²) in [6.45, 7) is 1.22. The number of hydrogen-bond donors (Lipinski definition) is 1. The minimum atomic E-state index is -0.267. The molecule has 1 aromatic heterocycles. The van der Waals surface area contributed by atoms with Crippen LogP contribution in [0.1, 0.15) is 59.5 Å². The van der Waals surface area contributed by atoms with Gasteiger partial charge in [-0.3, -0.25) is 9.59 Å². The quantitative estimate of drug-likeness (QED) is 0.878. The van der Waals surface area contributed by atoms with Gasteiger partial charge in [0.25, 0.3) is 5.91 Å². The van der Waals surface area contributed by atoms with Crippen LogP contribution in [0, 0.1) is 0 Å². The maximum Gasteiger partial charge on any atom is 0.274 e. The van der Waals surface area contributed by atoms with Crippen molar-refractivity contribution in [2.45, 2.75) is 37.6 Å². The molecule has 6 heteroatoms. The fourth-order valence-electron chi connectivity index (χ4n) is 3.23. The summed E-state index contributed by atoms with van der Waals surface area (Å²) in [5, 5.41) is 6.92. The lowest BCUT2D eigenvalue weighted by Crippen LogP contribution is -2.38. The van der Waals surface area contributed by atoms with E-state index in [1.54, 1.807) is 6.07 Å². The molecule has 25 heavy (non-hydrogen) atoms. The highest BCUT2D eigenvalue weighted by atomic mass is 16.5. The molecule has 0 bridgehead atoms. The third-order valence-electron chi connectivity index (χ3n) is 4.82. The number of carbonyl (C=O) groups is 2. The van der Waals surface area contributed by atoms with Crippen LogP contribution in [0.25, 0.3) is 0 Å². The SMILES string of the molecule is O=C(NC(CN1CCCC1=O)c1ccccc1)c1cc(C2CC2)on1. The molecule has 2 heterocycles. The van der Waals surface area contributed by atoms with E-state index in [1.807, 2.05) is 35.2 Å². The van der Waals surface area contributed by atoms with E-state index in [2.05, 4.69) is 10.5 Å². The molecule has 2 aromatic rings. The molecule has 1 aliphatic carbocycles. The summed E-state index contributed by atoms with van der Waals surface area (Å²) in [6, 6.07) is 11.2. The van der Waals surface area contributed by atoms with Gasteiger partial charge in [-0.25, -0.2) is 0 Å². The normalized spacial score (nSPS) is 18.4. The van der Waals surface area contributed by atoms with Crippen molar-refractivity contribution in [2.75, 3.05) is 13.1 Å². The summed E-state index contributed by atoms with van der Waals surface area (Å²) in [5.74, 6) is 1.08. The number of nitrogens with zero attached hydrogens (tertiary/aromatic N) is 2. The van der Waals surface area contributed by atoms with Gasteiger partial charge in [-0.2, -0.15) is 0 Å². The van der Waals surface area contributed by atoms with E-state index < -0.39 is 0 Å². The van der Waals surface area contributed by atoms with E-state index in [0.717, 1.165) is 37.1 Å². The van der Waals surface area contributed by atoms with E-state index in [9.17, 15) is 9.59 Å². The summed E-state index contributed by atoms with van der Waals surface area (Å²) in [6.07, 6.45) is 3.66. The van der Waals surface area contributed by atoms with Crippen LogP contribution in [0.15, 0.2) is 40.9 Å².